The van der Waals surface area contributed by atoms with Gasteiger partial charge >= 0.3 is 0 Å². The van der Waals surface area contributed by atoms with E-state index in [0.29, 0.717) is 5.92 Å². The molecule has 1 saturated heterocycles. The predicted octanol–water partition coefficient (Wildman–Crippen LogP) is 1.27. The van der Waals surface area contributed by atoms with Gasteiger partial charge in [-0.3, -0.25) is 0 Å². The maximum atomic E-state index is 4.15. The fraction of sp³-hybridized carbons (Fsp3) is 0.545. The van der Waals surface area contributed by atoms with Crippen molar-refractivity contribution < 1.29 is 0 Å². The van der Waals surface area contributed by atoms with Crippen molar-refractivity contribution >= 4 is 11.3 Å². The van der Waals surface area contributed by atoms with Crippen molar-refractivity contribution in [3.05, 3.63) is 23.3 Å². The molecule has 6 heteroatoms. The normalized spacial score (nSPS) is 20.6. The van der Waals surface area contributed by atoms with E-state index >= 15 is 0 Å². The number of hydrogen-bond acceptors (Lipinski definition) is 5. The zero-order valence-corrected chi connectivity index (χ0v) is 10.4. The van der Waals surface area contributed by atoms with E-state index in [1.807, 2.05) is 22.2 Å². The molecule has 90 valence electrons. The summed E-state index contributed by atoms with van der Waals surface area (Å²) >= 11 is 1.66. The van der Waals surface area contributed by atoms with Gasteiger partial charge < -0.3 is 5.32 Å². The van der Waals surface area contributed by atoms with Crippen molar-refractivity contribution in [3.8, 4) is 5.00 Å². The van der Waals surface area contributed by atoms with Gasteiger partial charge in [-0.15, -0.1) is 16.4 Å². The highest BCUT2D eigenvalue weighted by Crippen LogP contribution is 2.19. The number of nitrogens with one attached hydrogen (secondary N) is 1. The van der Waals surface area contributed by atoms with Crippen LogP contribution in [0.5, 0.6) is 0 Å². The first kappa shape index (κ1) is 10.9. The first-order valence-corrected chi connectivity index (χ1v) is 6.83. The minimum atomic E-state index is 0.661. The van der Waals surface area contributed by atoms with E-state index in [0.717, 1.165) is 30.3 Å². The lowest BCUT2D eigenvalue weighted by atomic mass is 9.96. The molecule has 17 heavy (non-hydrogen) atoms. The first-order chi connectivity index (χ1) is 8.43. The highest BCUT2D eigenvalue weighted by atomic mass is 32.1. The van der Waals surface area contributed by atoms with Gasteiger partial charge in [0.05, 0.1) is 0 Å². The van der Waals surface area contributed by atoms with Gasteiger partial charge in [0.2, 0.25) is 0 Å². The zero-order chi connectivity index (χ0) is 11.5. The molecule has 1 aliphatic heterocycles. The van der Waals surface area contributed by atoms with Crippen molar-refractivity contribution in [2.75, 3.05) is 13.1 Å². The Kier molecular flexibility index (Phi) is 3.15. The van der Waals surface area contributed by atoms with E-state index in [2.05, 4.69) is 20.8 Å². The van der Waals surface area contributed by atoms with E-state index in [1.54, 1.807) is 11.3 Å². The first-order valence-electron chi connectivity index (χ1n) is 5.95. The van der Waals surface area contributed by atoms with Crippen molar-refractivity contribution in [2.45, 2.75) is 19.3 Å². The molecule has 0 saturated carbocycles. The van der Waals surface area contributed by atoms with Gasteiger partial charge in [-0.05, 0) is 59.8 Å². The lowest BCUT2D eigenvalue weighted by molar-refractivity contribution is 0.368. The molecule has 3 heterocycles. The minimum absolute atomic E-state index is 0.661. The van der Waals surface area contributed by atoms with Crippen molar-refractivity contribution in [2.24, 2.45) is 5.92 Å². The maximum Gasteiger partial charge on any atom is 0.157 e. The van der Waals surface area contributed by atoms with Gasteiger partial charge in [0.25, 0.3) is 0 Å². The van der Waals surface area contributed by atoms with Gasteiger partial charge in [0.1, 0.15) is 5.00 Å². The maximum absolute atomic E-state index is 4.15. The van der Waals surface area contributed by atoms with Gasteiger partial charge in [-0.1, -0.05) is 0 Å². The Morgan fingerprint density at radius 3 is 3.29 bits per heavy atom. The summed E-state index contributed by atoms with van der Waals surface area (Å²) in [5.41, 5.74) is 0. The summed E-state index contributed by atoms with van der Waals surface area (Å²) in [6.45, 7) is 2.23. The SMILES string of the molecule is c1csc(-n2nnnc2CC2CCCNC2)c1. The second-order valence-electron chi connectivity index (χ2n) is 4.37. The fourth-order valence-corrected chi connectivity index (χ4v) is 2.95. The zero-order valence-electron chi connectivity index (χ0n) is 9.54. The molecule has 1 aliphatic rings. The molecule has 0 spiro atoms. The molecule has 1 N–H and O–H groups in total. The summed E-state index contributed by atoms with van der Waals surface area (Å²) in [5.74, 6) is 1.63. The molecule has 5 nitrogen and oxygen atoms in total. The molecule has 2 aromatic rings. The predicted molar refractivity (Wildman–Crippen MR) is 66.3 cm³/mol. The Bertz CT molecular complexity index is 458. The van der Waals surface area contributed by atoms with Gasteiger partial charge in [-0.2, -0.15) is 4.68 Å². The summed E-state index contributed by atoms with van der Waals surface area (Å²) in [6, 6.07) is 4.07. The molecule has 1 unspecified atom stereocenters. The smallest absolute Gasteiger partial charge is 0.157 e. The summed E-state index contributed by atoms with van der Waals surface area (Å²) < 4.78 is 1.86. The highest BCUT2D eigenvalue weighted by molar-refractivity contribution is 7.12. The van der Waals surface area contributed by atoms with Crippen molar-refractivity contribution in [3.63, 3.8) is 0 Å². The average molecular weight is 249 g/mol. The van der Waals surface area contributed by atoms with Crippen LogP contribution in [-0.2, 0) is 6.42 Å². The van der Waals surface area contributed by atoms with Crippen LogP contribution >= 0.6 is 11.3 Å². The van der Waals surface area contributed by atoms with Crippen LogP contribution in [0.3, 0.4) is 0 Å². The van der Waals surface area contributed by atoms with E-state index in [4.69, 9.17) is 0 Å². The Morgan fingerprint density at radius 2 is 2.53 bits per heavy atom. The summed E-state index contributed by atoms with van der Waals surface area (Å²) in [5, 5.41) is 18.6. The molecule has 1 fully saturated rings. The van der Waals surface area contributed by atoms with E-state index in [-0.39, 0.29) is 0 Å². The number of tetrazole rings is 1. The number of hydrogen-bond donors (Lipinski definition) is 1. The third-order valence-corrected chi connectivity index (χ3v) is 3.96. The molecule has 3 rings (SSSR count). The Hall–Kier alpha value is -1.27. The molecule has 0 bridgehead atoms. The van der Waals surface area contributed by atoms with Crippen molar-refractivity contribution in [1.29, 1.82) is 0 Å². The number of piperidine rings is 1. The Labute approximate surface area is 104 Å². The Morgan fingerprint density at radius 1 is 1.53 bits per heavy atom. The standard InChI is InChI=1S/C11H15N5S/c1-3-9(8-12-5-1)7-10-13-14-15-16(10)11-4-2-6-17-11/h2,4,6,9,12H,1,3,5,7-8H2. The Balaban J connectivity index is 1.77. The lowest BCUT2D eigenvalue weighted by Crippen LogP contribution is -2.31. The molecule has 0 aromatic carbocycles. The average Bonchev–Trinajstić information content (AvgIpc) is 3.00. The minimum Gasteiger partial charge on any atom is -0.316 e. The topological polar surface area (TPSA) is 55.6 Å². The van der Waals surface area contributed by atoms with E-state index in [1.165, 1.54) is 12.8 Å². The molecule has 2 aromatic heterocycles. The summed E-state index contributed by atoms with van der Waals surface area (Å²) in [6.07, 6.45) is 3.48. The molecule has 1 atom stereocenters. The number of aromatic nitrogens is 4. The third-order valence-electron chi connectivity index (χ3n) is 3.12. The van der Waals surface area contributed by atoms with Gasteiger partial charge in [0.15, 0.2) is 5.82 Å². The van der Waals surface area contributed by atoms with Crippen LogP contribution in [0.2, 0.25) is 0 Å². The molecular formula is C11H15N5S. The number of nitrogens with zero attached hydrogens (tertiary/aromatic N) is 4. The highest BCUT2D eigenvalue weighted by Gasteiger charge is 2.18. The van der Waals surface area contributed by atoms with E-state index in [9.17, 15) is 0 Å². The largest absolute Gasteiger partial charge is 0.316 e. The van der Waals surface area contributed by atoms with Crippen LogP contribution in [0.1, 0.15) is 18.7 Å². The van der Waals surface area contributed by atoms with Crippen molar-refractivity contribution in [1.82, 2.24) is 25.5 Å². The lowest BCUT2D eigenvalue weighted by Gasteiger charge is -2.21. The van der Waals surface area contributed by atoms with Crippen LogP contribution in [0.4, 0.5) is 0 Å². The van der Waals surface area contributed by atoms with Crippen LogP contribution in [0.15, 0.2) is 17.5 Å². The van der Waals surface area contributed by atoms with Crippen LogP contribution in [0, 0.1) is 5.92 Å². The molecule has 0 amide bonds. The third kappa shape index (κ3) is 2.37. The molecule has 0 aliphatic carbocycles. The van der Waals surface area contributed by atoms with Crippen LogP contribution in [0.25, 0.3) is 5.00 Å². The fourth-order valence-electron chi connectivity index (χ4n) is 2.25. The summed E-state index contributed by atoms with van der Waals surface area (Å²) in [7, 11) is 0. The van der Waals surface area contributed by atoms with Gasteiger partial charge in [0, 0.05) is 6.42 Å². The number of rotatable bonds is 3. The van der Waals surface area contributed by atoms with Crippen LogP contribution < -0.4 is 5.32 Å². The van der Waals surface area contributed by atoms with Gasteiger partial charge in [-0.25, -0.2) is 0 Å². The quantitative estimate of drug-likeness (QED) is 0.890. The number of thiophene rings is 1. The van der Waals surface area contributed by atoms with Crippen LogP contribution in [-0.4, -0.2) is 33.3 Å². The monoisotopic (exact) mass is 249 g/mol. The summed E-state index contributed by atoms with van der Waals surface area (Å²) in [4.78, 5) is 0. The second kappa shape index (κ2) is 4.93. The molecular weight excluding hydrogens is 234 g/mol. The second-order valence-corrected chi connectivity index (χ2v) is 5.30. The van der Waals surface area contributed by atoms with E-state index < -0.39 is 0 Å². The molecule has 0 radical (unpaired) electrons.